The van der Waals surface area contributed by atoms with Crippen molar-refractivity contribution in [2.24, 2.45) is 5.92 Å². The van der Waals surface area contributed by atoms with Gasteiger partial charge in [-0.3, -0.25) is 9.59 Å². The molecule has 0 amide bonds. The third kappa shape index (κ3) is 13.9. The zero-order valence-corrected chi connectivity index (χ0v) is 14.4. The Kier molecular flexibility index (Phi) is 14.1. The van der Waals surface area contributed by atoms with Gasteiger partial charge in [0, 0.05) is 26.6 Å². The lowest BCUT2D eigenvalue weighted by Crippen LogP contribution is -2.13. The molecule has 0 saturated heterocycles. The van der Waals surface area contributed by atoms with Crippen LogP contribution in [-0.2, 0) is 23.8 Å². The summed E-state index contributed by atoms with van der Waals surface area (Å²) in [6, 6.07) is 0. The fourth-order valence-corrected chi connectivity index (χ4v) is 1.86. The van der Waals surface area contributed by atoms with E-state index in [-0.39, 0.29) is 11.9 Å². The summed E-state index contributed by atoms with van der Waals surface area (Å²) in [5, 5.41) is 0. The molecule has 5 nitrogen and oxygen atoms in total. The fourth-order valence-electron chi connectivity index (χ4n) is 1.86. The molecule has 5 heteroatoms. The molecule has 0 heterocycles. The molecule has 0 fully saturated rings. The first-order valence-corrected chi connectivity index (χ1v) is 8.40. The van der Waals surface area contributed by atoms with Crippen molar-refractivity contribution >= 4 is 11.9 Å². The molecular weight excluding hydrogens is 284 g/mol. The van der Waals surface area contributed by atoms with Gasteiger partial charge in [-0.05, 0) is 31.6 Å². The van der Waals surface area contributed by atoms with Crippen LogP contribution >= 0.6 is 0 Å². The van der Waals surface area contributed by atoms with Gasteiger partial charge in [0.2, 0.25) is 0 Å². The standard InChI is InChI=1S/C17H32O5/c1-4-5-8-12-21-16(18)9-6-7-10-17(19)22-14-15(2)11-13-20-3/h15H,4-14H2,1-3H3. The molecule has 1 atom stereocenters. The SMILES string of the molecule is CCCCCOC(=O)CCCCC(=O)OCC(C)CCOC. The number of hydrogen-bond acceptors (Lipinski definition) is 5. The molecule has 0 rings (SSSR count). The van der Waals surface area contributed by atoms with Crippen LogP contribution in [0.3, 0.4) is 0 Å². The molecule has 0 saturated carbocycles. The Hall–Kier alpha value is -1.10. The first kappa shape index (κ1) is 20.9. The molecule has 22 heavy (non-hydrogen) atoms. The van der Waals surface area contributed by atoms with E-state index in [0.29, 0.717) is 51.4 Å². The van der Waals surface area contributed by atoms with Crippen LogP contribution in [-0.4, -0.2) is 38.9 Å². The zero-order valence-electron chi connectivity index (χ0n) is 14.4. The maximum absolute atomic E-state index is 11.5. The van der Waals surface area contributed by atoms with Gasteiger partial charge in [-0.2, -0.15) is 0 Å². The Morgan fingerprint density at radius 1 is 0.909 bits per heavy atom. The highest BCUT2D eigenvalue weighted by Crippen LogP contribution is 2.07. The second-order valence-corrected chi connectivity index (χ2v) is 5.70. The number of carbonyl (C=O) groups is 2. The van der Waals surface area contributed by atoms with E-state index in [1.54, 1.807) is 7.11 Å². The average Bonchev–Trinajstić information content (AvgIpc) is 2.51. The van der Waals surface area contributed by atoms with Gasteiger partial charge >= 0.3 is 11.9 Å². The van der Waals surface area contributed by atoms with E-state index in [2.05, 4.69) is 6.92 Å². The van der Waals surface area contributed by atoms with Crippen LogP contribution in [0, 0.1) is 5.92 Å². The van der Waals surface area contributed by atoms with E-state index in [9.17, 15) is 9.59 Å². The van der Waals surface area contributed by atoms with Crippen LogP contribution in [0.25, 0.3) is 0 Å². The van der Waals surface area contributed by atoms with E-state index in [4.69, 9.17) is 14.2 Å². The molecule has 0 aromatic rings. The monoisotopic (exact) mass is 316 g/mol. The van der Waals surface area contributed by atoms with E-state index < -0.39 is 0 Å². The minimum absolute atomic E-state index is 0.169. The van der Waals surface area contributed by atoms with Crippen molar-refractivity contribution in [1.29, 1.82) is 0 Å². The Bertz CT molecular complexity index is 291. The first-order valence-electron chi connectivity index (χ1n) is 8.40. The van der Waals surface area contributed by atoms with Crippen molar-refractivity contribution in [3.05, 3.63) is 0 Å². The third-order valence-electron chi connectivity index (χ3n) is 3.37. The Morgan fingerprint density at radius 2 is 1.55 bits per heavy atom. The predicted octanol–water partition coefficient (Wildman–Crippen LogP) is 3.50. The second-order valence-electron chi connectivity index (χ2n) is 5.70. The van der Waals surface area contributed by atoms with Crippen molar-refractivity contribution in [3.8, 4) is 0 Å². The smallest absolute Gasteiger partial charge is 0.305 e. The maximum atomic E-state index is 11.5. The number of methoxy groups -OCH3 is 1. The molecule has 0 aromatic carbocycles. The summed E-state index contributed by atoms with van der Waals surface area (Å²) < 4.78 is 15.3. The summed E-state index contributed by atoms with van der Waals surface area (Å²) in [5.74, 6) is -0.0553. The van der Waals surface area contributed by atoms with Gasteiger partial charge < -0.3 is 14.2 Å². The summed E-state index contributed by atoms with van der Waals surface area (Å²) in [7, 11) is 1.66. The number of carbonyl (C=O) groups excluding carboxylic acids is 2. The lowest BCUT2D eigenvalue weighted by molar-refractivity contribution is -0.146. The molecule has 0 radical (unpaired) electrons. The lowest BCUT2D eigenvalue weighted by atomic mass is 10.1. The van der Waals surface area contributed by atoms with Crippen LogP contribution in [0.1, 0.15) is 65.2 Å². The molecule has 0 aliphatic carbocycles. The quantitative estimate of drug-likeness (QED) is 0.362. The third-order valence-corrected chi connectivity index (χ3v) is 3.37. The Labute approximate surface area is 134 Å². The van der Waals surface area contributed by atoms with E-state index >= 15 is 0 Å². The largest absolute Gasteiger partial charge is 0.466 e. The molecule has 0 spiro atoms. The molecule has 0 N–H and O–H groups in total. The molecule has 130 valence electrons. The summed E-state index contributed by atoms with van der Waals surface area (Å²) in [5.41, 5.74) is 0. The normalized spacial score (nSPS) is 12.0. The van der Waals surface area contributed by atoms with Crippen LogP contribution in [0.4, 0.5) is 0 Å². The Morgan fingerprint density at radius 3 is 2.14 bits per heavy atom. The highest BCUT2D eigenvalue weighted by atomic mass is 16.5. The predicted molar refractivity (Wildman–Crippen MR) is 85.6 cm³/mol. The van der Waals surface area contributed by atoms with Crippen LogP contribution in [0.15, 0.2) is 0 Å². The first-order chi connectivity index (χ1) is 10.6. The van der Waals surface area contributed by atoms with E-state index in [1.165, 1.54) is 0 Å². The lowest BCUT2D eigenvalue weighted by Gasteiger charge is -2.11. The van der Waals surface area contributed by atoms with Crippen molar-refractivity contribution in [1.82, 2.24) is 0 Å². The zero-order chi connectivity index (χ0) is 16.6. The number of hydrogen-bond donors (Lipinski definition) is 0. The molecule has 0 bridgehead atoms. The van der Waals surface area contributed by atoms with Gasteiger partial charge in [0.05, 0.1) is 13.2 Å². The highest BCUT2D eigenvalue weighted by Gasteiger charge is 2.08. The molecule has 0 aliphatic rings. The van der Waals surface area contributed by atoms with Crippen molar-refractivity contribution in [2.75, 3.05) is 26.9 Å². The molecule has 0 aromatic heterocycles. The minimum Gasteiger partial charge on any atom is -0.466 e. The summed E-state index contributed by atoms with van der Waals surface area (Å²) >= 11 is 0. The fraction of sp³-hybridized carbons (Fsp3) is 0.882. The topological polar surface area (TPSA) is 61.8 Å². The summed E-state index contributed by atoms with van der Waals surface area (Å²) in [4.78, 5) is 23.0. The highest BCUT2D eigenvalue weighted by molar-refractivity contribution is 5.70. The molecule has 0 aliphatic heterocycles. The van der Waals surface area contributed by atoms with Crippen molar-refractivity contribution in [3.63, 3.8) is 0 Å². The number of ether oxygens (including phenoxy) is 3. The second kappa shape index (κ2) is 14.8. The van der Waals surface area contributed by atoms with Gasteiger partial charge in [-0.15, -0.1) is 0 Å². The summed E-state index contributed by atoms with van der Waals surface area (Å²) in [6.45, 7) is 5.76. The van der Waals surface area contributed by atoms with Crippen LogP contribution in [0.2, 0.25) is 0 Å². The number of unbranched alkanes of at least 4 members (excludes halogenated alkanes) is 3. The van der Waals surface area contributed by atoms with Crippen molar-refractivity contribution < 1.29 is 23.8 Å². The van der Waals surface area contributed by atoms with E-state index in [1.807, 2.05) is 6.92 Å². The van der Waals surface area contributed by atoms with Gasteiger partial charge in [0.1, 0.15) is 0 Å². The average molecular weight is 316 g/mol. The van der Waals surface area contributed by atoms with Crippen molar-refractivity contribution in [2.45, 2.75) is 65.2 Å². The maximum Gasteiger partial charge on any atom is 0.305 e. The van der Waals surface area contributed by atoms with Gasteiger partial charge in [-0.1, -0.05) is 26.7 Å². The number of rotatable bonds is 14. The van der Waals surface area contributed by atoms with Crippen LogP contribution in [0.5, 0.6) is 0 Å². The minimum atomic E-state index is -0.194. The summed E-state index contributed by atoms with van der Waals surface area (Å²) in [6.07, 6.45) is 6.08. The Balaban J connectivity index is 3.46. The van der Waals surface area contributed by atoms with Gasteiger partial charge in [0.15, 0.2) is 0 Å². The molecular formula is C17H32O5. The van der Waals surface area contributed by atoms with Gasteiger partial charge in [-0.25, -0.2) is 0 Å². The number of esters is 2. The van der Waals surface area contributed by atoms with Gasteiger partial charge in [0.25, 0.3) is 0 Å². The van der Waals surface area contributed by atoms with E-state index in [0.717, 1.165) is 25.7 Å². The van der Waals surface area contributed by atoms with Crippen LogP contribution < -0.4 is 0 Å². The molecule has 1 unspecified atom stereocenters.